The summed E-state index contributed by atoms with van der Waals surface area (Å²) in [5.41, 5.74) is -1.91. The summed E-state index contributed by atoms with van der Waals surface area (Å²) < 4.78 is 53.5. The molecule has 1 aromatic carbocycles. The van der Waals surface area contributed by atoms with Crippen LogP contribution in [0.2, 0.25) is 0 Å². The summed E-state index contributed by atoms with van der Waals surface area (Å²) in [6.07, 6.45) is 48.0. The highest BCUT2D eigenvalue weighted by molar-refractivity contribution is 7.93. The minimum atomic E-state index is -5.79. The average Bonchev–Trinajstić information content (AvgIpc) is 0.707. The lowest BCUT2D eigenvalue weighted by Crippen LogP contribution is -2.51. The number of ether oxygens (including phenoxy) is 1. The van der Waals surface area contributed by atoms with Crippen LogP contribution in [0.25, 0.3) is 0 Å². The number of carbonyl (C=O) groups is 4. The molecule has 0 saturated heterocycles. The van der Waals surface area contributed by atoms with Gasteiger partial charge in [0, 0.05) is 38.5 Å². The van der Waals surface area contributed by atoms with Crippen LogP contribution >= 0.6 is 14.7 Å². The first kappa shape index (κ1) is 91.1. The standard InChI is InChI=1S/C80H148O13P2/c1-5-9-13-17-21-25-29-33-37-41-45-49-56-62-73(84)66-75(68-81)92-94(89,78(87)64-58-51-47-43-39-35-31-27-23-19-15-11-7-3)80(77(86)70-83,91-71-72-60-54-53-55-61-72)95(90,79(88)65-59-52-48-44-40-36-32-28-24-20-16-12-8-4)93-76(69-82)67-74(85)63-57-50-46-42-38-34-30-26-22-18-14-10-6-2/h53-55,60-61,75-77,81-83,86H,5-52,56-59,62-71H2,1-4H3. The molecule has 13 nitrogen and oxygen atoms in total. The number of rotatable bonds is 75. The fourth-order valence-electron chi connectivity index (χ4n) is 13.3. The highest BCUT2D eigenvalue weighted by Crippen LogP contribution is 2.80. The fraction of sp³-hybridized carbons (Fsp3) is 0.875. The molecule has 0 spiro atoms. The van der Waals surface area contributed by atoms with E-state index in [1.165, 1.54) is 180 Å². The molecule has 0 fully saturated rings. The van der Waals surface area contributed by atoms with Gasteiger partial charge in [0.2, 0.25) is 11.0 Å². The van der Waals surface area contributed by atoms with Gasteiger partial charge < -0.3 is 34.2 Å². The van der Waals surface area contributed by atoms with Crippen molar-refractivity contribution in [1.29, 1.82) is 0 Å². The summed E-state index contributed by atoms with van der Waals surface area (Å²) in [5.74, 6) is -0.664. The van der Waals surface area contributed by atoms with Crippen LogP contribution < -0.4 is 0 Å². The minimum Gasteiger partial charge on any atom is -0.394 e. The van der Waals surface area contributed by atoms with Gasteiger partial charge in [-0.1, -0.05) is 366 Å². The van der Waals surface area contributed by atoms with Gasteiger partial charge in [-0.05, 0) is 31.2 Å². The lowest BCUT2D eigenvalue weighted by Gasteiger charge is -2.46. The Morgan fingerprint density at radius 3 is 0.811 bits per heavy atom. The van der Waals surface area contributed by atoms with Gasteiger partial charge in [0.05, 0.1) is 38.6 Å². The van der Waals surface area contributed by atoms with Crippen molar-refractivity contribution in [3.8, 4) is 0 Å². The van der Waals surface area contributed by atoms with Crippen molar-refractivity contribution in [2.75, 3.05) is 19.8 Å². The first-order valence-electron chi connectivity index (χ1n) is 40.2. The Hall–Kier alpha value is -1.92. The van der Waals surface area contributed by atoms with E-state index in [2.05, 4.69) is 27.7 Å². The van der Waals surface area contributed by atoms with E-state index < -0.39 is 101 Å². The molecule has 556 valence electrons. The summed E-state index contributed by atoms with van der Waals surface area (Å²) in [6, 6.07) is 8.45. The van der Waals surface area contributed by atoms with Gasteiger partial charge in [-0.25, -0.2) is 0 Å². The highest BCUT2D eigenvalue weighted by Gasteiger charge is 2.73. The molecular formula is C80H148O13P2. The topological polar surface area (TPSA) is 211 Å². The molecular weight excluding hydrogens is 1230 g/mol. The summed E-state index contributed by atoms with van der Waals surface area (Å²) in [4.78, 5) is 59.0. The molecule has 0 amide bonds. The van der Waals surface area contributed by atoms with Crippen LogP contribution in [0.15, 0.2) is 30.3 Å². The third-order valence-electron chi connectivity index (χ3n) is 19.4. The number of aliphatic hydroxyl groups excluding tert-OH is 4. The maximum Gasteiger partial charge on any atom is 0.311 e. The van der Waals surface area contributed by atoms with Gasteiger partial charge >= 0.3 is 14.7 Å². The molecule has 0 aliphatic carbocycles. The zero-order valence-corrected chi connectivity index (χ0v) is 63.6. The Labute approximate surface area is 582 Å². The first-order chi connectivity index (χ1) is 46.3. The highest BCUT2D eigenvalue weighted by atomic mass is 31.2. The molecule has 0 aliphatic rings. The number of unbranched alkanes of at least 4 members (excludes halogenated alkanes) is 48. The van der Waals surface area contributed by atoms with Crippen LogP contribution in [0.3, 0.4) is 0 Å². The molecule has 5 atom stereocenters. The maximum atomic E-state index is 17.0. The second-order valence-electron chi connectivity index (χ2n) is 28.3. The summed E-state index contributed by atoms with van der Waals surface area (Å²) >= 11 is 0. The van der Waals surface area contributed by atoms with E-state index >= 15 is 18.7 Å². The molecule has 0 heterocycles. The number of aliphatic hydroxyl groups is 4. The predicted molar refractivity (Wildman–Crippen MR) is 397 cm³/mol. The molecule has 0 aromatic heterocycles. The average molecular weight is 1380 g/mol. The van der Waals surface area contributed by atoms with Crippen molar-refractivity contribution in [1.82, 2.24) is 0 Å². The van der Waals surface area contributed by atoms with Crippen LogP contribution in [0.5, 0.6) is 0 Å². The lowest BCUT2D eigenvalue weighted by atomic mass is 10.0. The largest absolute Gasteiger partial charge is 0.394 e. The van der Waals surface area contributed by atoms with Gasteiger partial charge in [0.1, 0.15) is 17.7 Å². The maximum absolute atomic E-state index is 17.0. The van der Waals surface area contributed by atoms with Crippen LogP contribution in [-0.2, 0) is 48.7 Å². The van der Waals surface area contributed by atoms with E-state index in [0.29, 0.717) is 31.2 Å². The van der Waals surface area contributed by atoms with Gasteiger partial charge in [-0.2, -0.15) is 0 Å². The van der Waals surface area contributed by atoms with Gasteiger partial charge in [0.15, 0.2) is 0 Å². The summed E-state index contributed by atoms with van der Waals surface area (Å²) in [6.45, 7) is 5.11. The Morgan fingerprint density at radius 1 is 0.347 bits per heavy atom. The van der Waals surface area contributed by atoms with E-state index in [1.807, 2.05) is 0 Å². The molecule has 95 heavy (non-hydrogen) atoms. The van der Waals surface area contributed by atoms with E-state index in [9.17, 15) is 30.0 Å². The minimum absolute atomic E-state index is 0.120. The van der Waals surface area contributed by atoms with E-state index in [4.69, 9.17) is 13.8 Å². The second kappa shape index (κ2) is 63.0. The summed E-state index contributed by atoms with van der Waals surface area (Å²) in [7, 11) is -11.6. The SMILES string of the molecule is CCCCCCCCCCCCCCCC(=O)CC(CO)OP(=O)(C(=O)CCCCCCCCCCCCCCC)C(OCc1ccccc1)(C(O)CO)P(=O)(OC(CO)CC(=O)CCCCCCCCCCCCCCC)C(=O)CCCCCCCCCCCCCCC. The van der Waals surface area contributed by atoms with Crippen LogP contribution in [0.4, 0.5) is 0 Å². The quantitative estimate of drug-likeness (QED) is 0.0354. The number of ketones is 2. The summed E-state index contributed by atoms with van der Waals surface area (Å²) in [5, 5.41) is 42.8. The Bertz CT molecular complexity index is 1940. The molecule has 0 saturated carbocycles. The lowest BCUT2D eigenvalue weighted by molar-refractivity contribution is -0.124. The molecule has 0 bridgehead atoms. The van der Waals surface area contributed by atoms with Crippen molar-refractivity contribution >= 4 is 37.4 Å². The normalized spacial score (nSPS) is 14.7. The van der Waals surface area contributed by atoms with E-state index in [1.54, 1.807) is 30.3 Å². The molecule has 0 radical (unpaired) electrons. The first-order valence-corrected chi connectivity index (χ1v) is 43.4. The van der Waals surface area contributed by atoms with Crippen molar-refractivity contribution < 1.29 is 62.5 Å². The number of benzene rings is 1. The molecule has 1 aromatic rings. The van der Waals surface area contributed by atoms with Crippen molar-refractivity contribution in [2.24, 2.45) is 0 Å². The Kier molecular flexibility index (Phi) is 60.4. The van der Waals surface area contributed by atoms with Crippen LogP contribution in [0, 0.1) is 0 Å². The molecule has 5 unspecified atom stereocenters. The van der Waals surface area contributed by atoms with E-state index in [0.717, 1.165) is 116 Å². The predicted octanol–water partition coefficient (Wildman–Crippen LogP) is 23.4. The zero-order valence-electron chi connectivity index (χ0n) is 61.8. The number of hydrogen-bond donors (Lipinski definition) is 4. The van der Waals surface area contributed by atoms with Crippen LogP contribution in [0.1, 0.15) is 406 Å². The number of Topliss-reactive ketones (excluding diaryl/α,β-unsaturated/α-hetero) is 2. The Morgan fingerprint density at radius 2 is 0.579 bits per heavy atom. The Balaban J connectivity index is 3.77. The van der Waals surface area contributed by atoms with Gasteiger partial charge in [-0.3, -0.25) is 28.3 Å². The number of hydrogen-bond acceptors (Lipinski definition) is 13. The van der Waals surface area contributed by atoms with Crippen molar-refractivity contribution in [3.63, 3.8) is 0 Å². The third-order valence-corrected chi connectivity index (χ3v) is 26.5. The van der Waals surface area contributed by atoms with Gasteiger partial charge in [-0.15, -0.1) is 0 Å². The van der Waals surface area contributed by atoms with E-state index in [-0.39, 0.29) is 37.2 Å². The smallest absolute Gasteiger partial charge is 0.311 e. The molecule has 0 aliphatic heterocycles. The third kappa shape index (κ3) is 42.8. The monoisotopic (exact) mass is 1380 g/mol. The fourth-order valence-corrected chi connectivity index (χ4v) is 20.3. The number of carbonyl (C=O) groups excluding carboxylic acids is 4. The molecule has 15 heteroatoms. The van der Waals surface area contributed by atoms with Crippen molar-refractivity contribution in [2.45, 2.75) is 430 Å². The molecule has 4 N–H and O–H groups in total. The van der Waals surface area contributed by atoms with Crippen molar-refractivity contribution in [3.05, 3.63) is 35.9 Å². The van der Waals surface area contributed by atoms with Crippen LogP contribution in [-0.4, -0.2) is 86.3 Å². The zero-order chi connectivity index (χ0) is 69.6. The second-order valence-corrected chi connectivity index (χ2v) is 33.6. The molecule has 1 rings (SSSR count). The van der Waals surface area contributed by atoms with Gasteiger partial charge in [0.25, 0.3) is 5.08 Å².